The molecule has 0 saturated heterocycles. The van der Waals surface area contributed by atoms with Crippen molar-refractivity contribution in [3.05, 3.63) is 21.9 Å². The quantitative estimate of drug-likeness (QED) is 0.632. The van der Waals surface area contributed by atoms with Crippen LogP contribution in [-0.4, -0.2) is 23.9 Å². The van der Waals surface area contributed by atoms with Crippen molar-refractivity contribution in [1.29, 1.82) is 0 Å². The van der Waals surface area contributed by atoms with Gasteiger partial charge in [0.05, 0.1) is 0 Å². The van der Waals surface area contributed by atoms with Crippen LogP contribution >= 0.6 is 11.3 Å². The molecule has 3 nitrogen and oxygen atoms in total. The number of hydrogen-bond donors (Lipinski definition) is 1. The highest BCUT2D eigenvalue weighted by molar-refractivity contribution is 7.10. The normalized spacial score (nSPS) is 16.7. The molecule has 2 N–H and O–H groups in total. The SMILES string of the molecule is CC(C)CN=C(N)N1CCc2sccc2C1. The topological polar surface area (TPSA) is 41.6 Å². The number of aliphatic imine (C=N–C) groups is 1. The summed E-state index contributed by atoms with van der Waals surface area (Å²) in [4.78, 5) is 8.11. The number of hydrogen-bond acceptors (Lipinski definition) is 2. The van der Waals surface area contributed by atoms with E-state index in [9.17, 15) is 0 Å². The highest BCUT2D eigenvalue weighted by Gasteiger charge is 2.18. The Balaban J connectivity index is 2.00. The Morgan fingerprint density at radius 1 is 1.62 bits per heavy atom. The largest absolute Gasteiger partial charge is 0.370 e. The number of rotatable bonds is 2. The van der Waals surface area contributed by atoms with E-state index >= 15 is 0 Å². The molecule has 2 heterocycles. The van der Waals surface area contributed by atoms with Gasteiger partial charge in [-0.25, -0.2) is 0 Å². The lowest BCUT2D eigenvalue weighted by atomic mass is 10.1. The van der Waals surface area contributed by atoms with E-state index in [1.165, 1.54) is 10.4 Å². The van der Waals surface area contributed by atoms with E-state index in [-0.39, 0.29) is 0 Å². The summed E-state index contributed by atoms with van der Waals surface area (Å²) in [6, 6.07) is 2.20. The summed E-state index contributed by atoms with van der Waals surface area (Å²) < 4.78 is 0. The van der Waals surface area contributed by atoms with Gasteiger partial charge in [0.15, 0.2) is 5.96 Å². The summed E-state index contributed by atoms with van der Waals surface area (Å²) in [6.07, 6.45) is 1.10. The Morgan fingerprint density at radius 3 is 3.19 bits per heavy atom. The monoisotopic (exact) mass is 237 g/mol. The van der Waals surface area contributed by atoms with Crippen LogP contribution in [0.3, 0.4) is 0 Å². The highest BCUT2D eigenvalue weighted by Crippen LogP contribution is 2.23. The van der Waals surface area contributed by atoms with Crippen molar-refractivity contribution < 1.29 is 0 Å². The fourth-order valence-corrected chi connectivity index (χ4v) is 2.71. The minimum atomic E-state index is 0.569. The molecule has 0 saturated carbocycles. The van der Waals surface area contributed by atoms with E-state index < -0.39 is 0 Å². The Morgan fingerprint density at radius 2 is 2.44 bits per heavy atom. The third-order valence-electron chi connectivity index (χ3n) is 2.75. The summed E-state index contributed by atoms with van der Waals surface area (Å²) in [5, 5.41) is 2.16. The summed E-state index contributed by atoms with van der Waals surface area (Å²) in [5.74, 6) is 1.27. The van der Waals surface area contributed by atoms with Gasteiger partial charge in [-0.3, -0.25) is 4.99 Å². The Kier molecular flexibility index (Phi) is 3.49. The maximum atomic E-state index is 6.00. The molecule has 0 bridgehead atoms. The molecule has 1 aromatic rings. The molecule has 88 valence electrons. The van der Waals surface area contributed by atoms with Crippen molar-refractivity contribution in [2.24, 2.45) is 16.6 Å². The maximum absolute atomic E-state index is 6.00. The van der Waals surface area contributed by atoms with Crippen LogP contribution < -0.4 is 5.73 Å². The Labute approximate surface area is 101 Å². The zero-order valence-electron chi connectivity index (χ0n) is 9.94. The second-order valence-corrected chi connectivity index (χ2v) is 5.63. The lowest BCUT2D eigenvalue weighted by Crippen LogP contribution is -2.40. The molecule has 0 amide bonds. The Bertz CT molecular complexity index is 381. The third-order valence-corrected chi connectivity index (χ3v) is 3.77. The van der Waals surface area contributed by atoms with Gasteiger partial charge in [-0.15, -0.1) is 11.3 Å². The third kappa shape index (κ3) is 2.55. The van der Waals surface area contributed by atoms with Crippen molar-refractivity contribution >= 4 is 17.3 Å². The molecule has 1 aliphatic rings. The molecular formula is C12H19N3S. The minimum absolute atomic E-state index is 0.569. The predicted molar refractivity (Wildman–Crippen MR) is 69.8 cm³/mol. The molecule has 0 aliphatic carbocycles. The second kappa shape index (κ2) is 4.87. The summed E-state index contributed by atoms with van der Waals surface area (Å²) in [7, 11) is 0. The van der Waals surface area contributed by atoms with Gasteiger partial charge in [0.2, 0.25) is 0 Å². The number of nitrogens with two attached hydrogens (primary N) is 1. The summed E-state index contributed by atoms with van der Waals surface area (Å²) in [6.45, 7) is 7.06. The maximum Gasteiger partial charge on any atom is 0.191 e. The fraction of sp³-hybridized carbons (Fsp3) is 0.583. The molecule has 0 aromatic carbocycles. The number of thiophene rings is 1. The van der Waals surface area contributed by atoms with E-state index in [1.54, 1.807) is 0 Å². The molecule has 1 aliphatic heterocycles. The molecule has 0 radical (unpaired) electrons. The van der Waals surface area contributed by atoms with Gasteiger partial charge < -0.3 is 10.6 Å². The van der Waals surface area contributed by atoms with Crippen molar-refractivity contribution in [1.82, 2.24) is 4.90 Å². The van der Waals surface area contributed by atoms with Crippen LogP contribution in [-0.2, 0) is 13.0 Å². The van der Waals surface area contributed by atoms with Crippen LogP contribution in [0.4, 0.5) is 0 Å². The van der Waals surface area contributed by atoms with E-state index in [1.807, 2.05) is 11.3 Å². The lowest BCUT2D eigenvalue weighted by Gasteiger charge is -2.27. The molecule has 4 heteroatoms. The second-order valence-electron chi connectivity index (χ2n) is 4.63. The first-order valence-electron chi connectivity index (χ1n) is 5.77. The average Bonchev–Trinajstić information content (AvgIpc) is 2.72. The van der Waals surface area contributed by atoms with Crippen molar-refractivity contribution in [3.63, 3.8) is 0 Å². The molecule has 16 heavy (non-hydrogen) atoms. The molecule has 0 fully saturated rings. The molecule has 0 spiro atoms. The number of fused-ring (bicyclic) bond motifs is 1. The predicted octanol–water partition coefficient (Wildman–Crippen LogP) is 2.08. The van der Waals surface area contributed by atoms with Gasteiger partial charge in [0.25, 0.3) is 0 Å². The molecular weight excluding hydrogens is 218 g/mol. The van der Waals surface area contributed by atoms with Gasteiger partial charge in [-0.1, -0.05) is 13.8 Å². The number of guanidine groups is 1. The fourth-order valence-electron chi connectivity index (χ4n) is 1.82. The lowest BCUT2D eigenvalue weighted by molar-refractivity contribution is 0.390. The average molecular weight is 237 g/mol. The highest BCUT2D eigenvalue weighted by atomic mass is 32.1. The van der Waals surface area contributed by atoms with E-state index in [0.29, 0.717) is 11.9 Å². The standard InChI is InChI=1S/C12H19N3S/c1-9(2)7-14-12(13)15-5-3-11-10(8-15)4-6-16-11/h4,6,9H,3,5,7-8H2,1-2H3,(H2,13,14). The van der Waals surface area contributed by atoms with Crippen LogP contribution in [0.1, 0.15) is 24.3 Å². The summed E-state index contributed by atoms with van der Waals surface area (Å²) >= 11 is 1.85. The molecule has 0 atom stereocenters. The molecule has 2 rings (SSSR count). The number of nitrogens with zero attached hydrogens (tertiary/aromatic N) is 2. The molecule has 0 unspecified atom stereocenters. The first-order valence-corrected chi connectivity index (χ1v) is 6.65. The van der Waals surface area contributed by atoms with E-state index in [2.05, 4.69) is 35.2 Å². The zero-order valence-corrected chi connectivity index (χ0v) is 10.8. The van der Waals surface area contributed by atoms with Crippen LogP contribution in [0.2, 0.25) is 0 Å². The van der Waals surface area contributed by atoms with Gasteiger partial charge in [0, 0.05) is 24.5 Å². The smallest absolute Gasteiger partial charge is 0.191 e. The van der Waals surface area contributed by atoms with E-state index in [4.69, 9.17) is 5.73 Å². The van der Waals surface area contributed by atoms with Crippen molar-refractivity contribution in [3.8, 4) is 0 Å². The first-order chi connectivity index (χ1) is 7.66. The Hall–Kier alpha value is -1.03. The molecule has 1 aromatic heterocycles. The zero-order chi connectivity index (χ0) is 11.5. The minimum Gasteiger partial charge on any atom is -0.370 e. The van der Waals surface area contributed by atoms with Crippen LogP contribution in [0.5, 0.6) is 0 Å². The van der Waals surface area contributed by atoms with Gasteiger partial charge >= 0.3 is 0 Å². The first kappa shape index (κ1) is 11.5. The van der Waals surface area contributed by atoms with Crippen LogP contribution in [0.25, 0.3) is 0 Å². The summed E-state index contributed by atoms with van der Waals surface area (Å²) in [5.41, 5.74) is 7.42. The van der Waals surface area contributed by atoms with E-state index in [0.717, 1.165) is 26.1 Å². The van der Waals surface area contributed by atoms with Crippen LogP contribution in [0, 0.1) is 5.92 Å². The van der Waals surface area contributed by atoms with Gasteiger partial charge in [-0.2, -0.15) is 0 Å². The van der Waals surface area contributed by atoms with Crippen LogP contribution in [0.15, 0.2) is 16.4 Å². The van der Waals surface area contributed by atoms with Gasteiger partial charge in [-0.05, 0) is 29.3 Å². The van der Waals surface area contributed by atoms with Gasteiger partial charge in [0.1, 0.15) is 0 Å². The van der Waals surface area contributed by atoms with Crippen molar-refractivity contribution in [2.45, 2.75) is 26.8 Å². The van der Waals surface area contributed by atoms with Crippen molar-refractivity contribution in [2.75, 3.05) is 13.1 Å².